The van der Waals surface area contributed by atoms with E-state index in [1.54, 1.807) is 13.0 Å². The number of fused-ring (bicyclic) bond motifs is 2. The third kappa shape index (κ3) is 3.66. The smallest absolute Gasteiger partial charge is 0.346 e. The highest BCUT2D eigenvalue weighted by atomic mass is 32.1. The van der Waals surface area contributed by atoms with E-state index in [-0.39, 0.29) is 35.4 Å². The van der Waals surface area contributed by atoms with Gasteiger partial charge in [0.15, 0.2) is 11.5 Å². The minimum absolute atomic E-state index is 0.0709. The molecule has 150 valence electrons. The molecule has 1 aliphatic heterocycles. The number of hydrogen-bond acceptors (Lipinski definition) is 7. The molecule has 3 heterocycles. The molecule has 0 spiro atoms. The lowest BCUT2D eigenvalue weighted by molar-refractivity contribution is -0.122. The number of nitrogens with zero attached hydrogens (tertiary/aromatic N) is 2. The van der Waals surface area contributed by atoms with Gasteiger partial charge in [-0.2, -0.15) is 0 Å². The average Bonchev–Trinajstić information content (AvgIpc) is 3.06. The van der Waals surface area contributed by atoms with Crippen LogP contribution in [0.5, 0.6) is 11.5 Å². The molecule has 0 bridgehead atoms. The van der Waals surface area contributed by atoms with Crippen LogP contribution in [-0.4, -0.2) is 45.8 Å². The van der Waals surface area contributed by atoms with E-state index in [2.05, 4.69) is 10.3 Å². The maximum Gasteiger partial charge on any atom is 0.346 e. The van der Waals surface area contributed by atoms with Crippen LogP contribution in [0.2, 0.25) is 0 Å². The van der Waals surface area contributed by atoms with E-state index in [1.165, 1.54) is 6.33 Å². The van der Waals surface area contributed by atoms with Crippen molar-refractivity contribution in [3.05, 3.63) is 51.4 Å². The summed E-state index contributed by atoms with van der Waals surface area (Å²) in [6.45, 7) is 1.85. The van der Waals surface area contributed by atoms with Crippen molar-refractivity contribution >= 4 is 33.4 Å². The molecule has 0 unspecified atom stereocenters. The third-order valence-electron chi connectivity index (χ3n) is 4.52. The summed E-state index contributed by atoms with van der Waals surface area (Å²) in [4.78, 5) is 40.8. The number of benzene rings is 1. The van der Waals surface area contributed by atoms with Crippen LogP contribution in [-0.2, 0) is 11.3 Å². The minimum Gasteiger partial charge on any atom is -0.486 e. The van der Waals surface area contributed by atoms with Crippen LogP contribution >= 0.6 is 11.3 Å². The number of hydrogen-bond donors (Lipinski definition) is 2. The number of rotatable bonds is 5. The molecule has 4 rings (SSSR count). The number of carboxylic acid groups (broad SMARTS) is 1. The van der Waals surface area contributed by atoms with Crippen molar-refractivity contribution in [3.8, 4) is 11.5 Å². The third-order valence-corrected chi connectivity index (χ3v) is 5.71. The summed E-state index contributed by atoms with van der Waals surface area (Å²) in [5.41, 5.74) is -0.0891. The molecule has 2 N–H and O–H groups in total. The molecule has 2 aromatic heterocycles. The molecule has 0 fully saturated rings. The lowest BCUT2D eigenvalue weighted by Crippen LogP contribution is -2.42. The molecule has 1 aromatic carbocycles. The van der Waals surface area contributed by atoms with Crippen molar-refractivity contribution in [2.45, 2.75) is 19.6 Å². The Hall–Kier alpha value is -3.40. The fraction of sp³-hybridized carbons (Fsp3) is 0.263. The molecule has 3 aromatic rings. The average molecular weight is 415 g/mol. The Morgan fingerprint density at radius 2 is 2.10 bits per heavy atom. The SMILES string of the molecule is Cc1c(C(=O)O)sc2ncn(CC(=O)NC[C@H]3COc4ccccc4O3)c(=O)c12. The van der Waals surface area contributed by atoms with E-state index in [4.69, 9.17) is 9.47 Å². The Morgan fingerprint density at radius 3 is 2.86 bits per heavy atom. The molecule has 10 heteroatoms. The number of aryl methyl sites for hydroxylation is 1. The zero-order valence-electron chi connectivity index (χ0n) is 15.4. The van der Waals surface area contributed by atoms with Gasteiger partial charge in [-0.05, 0) is 24.6 Å². The first kappa shape index (κ1) is 18.9. The van der Waals surface area contributed by atoms with Gasteiger partial charge in [-0.25, -0.2) is 9.78 Å². The monoisotopic (exact) mass is 415 g/mol. The molecule has 0 saturated heterocycles. The fourth-order valence-electron chi connectivity index (χ4n) is 3.08. The zero-order valence-corrected chi connectivity index (χ0v) is 16.2. The van der Waals surface area contributed by atoms with Crippen LogP contribution in [0.15, 0.2) is 35.4 Å². The largest absolute Gasteiger partial charge is 0.486 e. The molecular weight excluding hydrogens is 398 g/mol. The maximum absolute atomic E-state index is 12.7. The lowest BCUT2D eigenvalue weighted by Gasteiger charge is -2.26. The van der Waals surface area contributed by atoms with Crippen molar-refractivity contribution in [2.24, 2.45) is 0 Å². The van der Waals surface area contributed by atoms with E-state index in [0.29, 0.717) is 28.5 Å². The summed E-state index contributed by atoms with van der Waals surface area (Å²) < 4.78 is 12.5. The van der Waals surface area contributed by atoms with Gasteiger partial charge in [0.2, 0.25) is 5.91 Å². The first-order valence-electron chi connectivity index (χ1n) is 8.81. The number of ether oxygens (including phenoxy) is 2. The lowest BCUT2D eigenvalue weighted by atomic mass is 10.2. The van der Waals surface area contributed by atoms with Gasteiger partial charge >= 0.3 is 5.97 Å². The Bertz CT molecular complexity index is 1170. The number of carbonyl (C=O) groups excluding carboxylic acids is 1. The number of aromatic carboxylic acids is 1. The van der Waals surface area contributed by atoms with Gasteiger partial charge in [0.25, 0.3) is 5.56 Å². The van der Waals surface area contributed by atoms with Crippen molar-refractivity contribution in [1.29, 1.82) is 0 Å². The number of thiophene rings is 1. The Labute approximate surface area is 168 Å². The fourth-order valence-corrected chi connectivity index (χ4v) is 4.06. The summed E-state index contributed by atoms with van der Waals surface area (Å²) in [7, 11) is 0. The Balaban J connectivity index is 1.43. The highest BCUT2D eigenvalue weighted by Gasteiger charge is 2.22. The molecule has 0 saturated carbocycles. The van der Waals surface area contributed by atoms with Gasteiger partial charge in [-0.15, -0.1) is 11.3 Å². The molecule has 1 atom stereocenters. The van der Waals surface area contributed by atoms with Crippen LogP contribution in [0.3, 0.4) is 0 Å². The second kappa shape index (κ2) is 7.55. The predicted molar refractivity (Wildman–Crippen MR) is 105 cm³/mol. The first-order chi connectivity index (χ1) is 13.9. The summed E-state index contributed by atoms with van der Waals surface area (Å²) in [5, 5.41) is 12.2. The van der Waals surface area contributed by atoms with E-state index < -0.39 is 11.5 Å². The number of carboxylic acids is 1. The molecule has 1 amide bonds. The summed E-state index contributed by atoms with van der Waals surface area (Å²) in [5.74, 6) is -0.216. The van der Waals surface area contributed by atoms with Crippen LogP contribution in [0.4, 0.5) is 0 Å². The van der Waals surface area contributed by atoms with Gasteiger partial charge < -0.3 is 19.9 Å². The maximum atomic E-state index is 12.7. The van der Waals surface area contributed by atoms with Crippen molar-refractivity contribution in [2.75, 3.05) is 13.2 Å². The second-order valence-corrected chi connectivity index (χ2v) is 7.52. The number of carbonyl (C=O) groups is 2. The highest BCUT2D eigenvalue weighted by molar-refractivity contribution is 7.20. The number of amides is 1. The molecule has 29 heavy (non-hydrogen) atoms. The van der Waals surface area contributed by atoms with Crippen LogP contribution < -0.4 is 20.3 Å². The van der Waals surface area contributed by atoms with E-state index >= 15 is 0 Å². The van der Waals surface area contributed by atoms with Crippen molar-refractivity contribution < 1.29 is 24.2 Å². The van der Waals surface area contributed by atoms with Gasteiger partial charge in [0.1, 0.15) is 29.0 Å². The number of aromatic nitrogens is 2. The van der Waals surface area contributed by atoms with E-state index in [1.807, 2.05) is 18.2 Å². The van der Waals surface area contributed by atoms with E-state index in [9.17, 15) is 19.5 Å². The summed E-state index contributed by atoms with van der Waals surface area (Å²) in [6.07, 6.45) is 0.908. The molecule has 0 radical (unpaired) electrons. The van der Waals surface area contributed by atoms with Gasteiger partial charge in [0.05, 0.1) is 18.3 Å². The van der Waals surface area contributed by atoms with Gasteiger partial charge in [-0.1, -0.05) is 12.1 Å². The number of para-hydroxylation sites is 2. The number of nitrogens with one attached hydrogen (secondary N) is 1. The van der Waals surface area contributed by atoms with Gasteiger partial charge in [0, 0.05) is 0 Å². The standard InChI is InChI=1S/C19H17N3O6S/c1-10-15-17(29-16(10)19(25)26)21-9-22(18(15)24)7-14(23)20-6-11-8-27-12-4-2-3-5-13(12)28-11/h2-5,9,11H,6-8H2,1H3,(H,20,23)(H,25,26)/t11-/m0/s1. The molecular formula is C19H17N3O6S. The minimum atomic E-state index is -1.11. The topological polar surface area (TPSA) is 120 Å². The Kier molecular flexibility index (Phi) is 4.93. The quantitative estimate of drug-likeness (QED) is 0.647. The van der Waals surface area contributed by atoms with Gasteiger partial charge in [-0.3, -0.25) is 14.2 Å². The molecule has 0 aliphatic carbocycles. The predicted octanol–water partition coefficient (Wildman–Crippen LogP) is 1.42. The summed E-state index contributed by atoms with van der Waals surface area (Å²) in [6, 6.07) is 7.28. The van der Waals surface area contributed by atoms with Crippen molar-refractivity contribution in [1.82, 2.24) is 14.9 Å². The Morgan fingerprint density at radius 1 is 1.34 bits per heavy atom. The molecule has 1 aliphatic rings. The highest BCUT2D eigenvalue weighted by Crippen LogP contribution is 2.30. The second-order valence-electron chi connectivity index (χ2n) is 6.52. The normalized spacial score (nSPS) is 15.3. The van der Waals surface area contributed by atoms with Crippen LogP contribution in [0.25, 0.3) is 10.2 Å². The molecule has 9 nitrogen and oxygen atoms in total. The first-order valence-corrected chi connectivity index (χ1v) is 9.62. The van der Waals surface area contributed by atoms with Crippen LogP contribution in [0, 0.1) is 6.92 Å². The van der Waals surface area contributed by atoms with Crippen molar-refractivity contribution in [3.63, 3.8) is 0 Å². The van der Waals surface area contributed by atoms with E-state index in [0.717, 1.165) is 15.9 Å². The summed E-state index contributed by atoms with van der Waals surface area (Å²) >= 11 is 0.942. The zero-order chi connectivity index (χ0) is 20.5. The van der Waals surface area contributed by atoms with Crippen LogP contribution in [0.1, 0.15) is 15.2 Å².